The van der Waals surface area contributed by atoms with Gasteiger partial charge in [0.15, 0.2) is 0 Å². The molecule has 2 aromatic rings. The molecule has 5 heteroatoms. The maximum absolute atomic E-state index is 14.1. The zero-order chi connectivity index (χ0) is 22.4. The number of nitrogens with zero attached hydrogens (tertiary/aromatic N) is 1. The van der Waals surface area contributed by atoms with Crippen LogP contribution in [0.2, 0.25) is 0 Å². The van der Waals surface area contributed by atoms with Crippen molar-refractivity contribution < 1.29 is 14.0 Å². The second-order valence-electron chi connectivity index (χ2n) is 8.61. The second kappa shape index (κ2) is 9.90. The van der Waals surface area contributed by atoms with Gasteiger partial charge in [0.1, 0.15) is 5.82 Å². The zero-order valence-corrected chi connectivity index (χ0v) is 18.4. The Labute approximate surface area is 184 Å². The molecule has 3 rings (SSSR count). The Balaban J connectivity index is 1.79. The van der Waals surface area contributed by atoms with Crippen LogP contribution < -0.4 is 5.32 Å². The highest BCUT2D eigenvalue weighted by atomic mass is 19.1. The number of halogens is 1. The molecule has 0 radical (unpaired) electrons. The molecule has 31 heavy (non-hydrogen) atoms. The lowest BCUT2D eigenvalue weighted by molar-refractivity contribution is -0.142. The Hall–Kier alpha value is -2.95. The molecule has 0 saturated carbocycles. The molecule has 2 amide bonds. The molecule has 2 aromatic carbocycles. The van der Waals surface area contributed by atoms with E-state index in [1.54, 1.807) is 18.2 Å². The van der Waals surface area contributed by atoms with Crippen LogP contribution in [0.4, 0.5) is 4.39 Å². The number of likely N-dealkylation sites (tertiary alicyclic amines) is 1. The van der Waals surface area contributed by atoms with Crippen LogP contribution in [0.1, 0.15) is 32.3 Å². The Morgan fingerprint density at radius 3 is 2.35 bits per heavy atom. The highest BCUT2D eigenvalue weighted by molar-refractivity contribution is 5.84. The smallest absolute Gasteiger partial charge is 0.226 e. The highest BCUT2D eigenvalue weighted by Crippen LogP contribution is 2.36. The zero-order valence-electron chi connectivity index (χ0n) is 18.4. The van der Waals surface area contributed by atoms with E-state index in [0.29, 0.717) is 44.5 Å². The number of hydrogen-bond acceptors (Lipinski definition) is 2. The highest BCUT2D eigenvalue weighted by Gasteiger charge is 2.42. The Morgan fingerprint density at radius 2 is 1.77 bits per heavy atom. The third-order valence-electron chi connectivity index (χ3n) is 6.10. The number of carbonyl (C=O) groups is 2. The van der Waals surface area contributed by atoms with Crippen LogP contribution in [0.3, 0.4) is 0 Å². The van der Waals surface area contributed by atoms with Crippen molar-refractivity contribution in [3.05, 3.63) is 72.6 Å². The number of piperidine rings is 1. The van der Waals surface area contributed by atoms with Gasteiger partial charge in [0.05, 0.1) is 5.41 Å². The maximum atomic E-state index is 14.1. The lowest BCUT2D eigenvalue weighted by Crippen LogP contribution is -2.52. The van der Waals surface area contributed by atoms with Crippen molar-refractivity contribution in [2.45, 2.75) is 33.1 Å². The molecule has 1 N–H and O–H groups in total. The molecule has 0 bridgehead atoms. The van der Waals surface area contributed by atoms with Crippen LogP contribution in [0, 0.1) is 17.2 Å². The Kier molecular flexibility index (Phi) is 7.26. The van der Waals surface area contributed by atoms with Crippen LogP contribution in [-0.4, -0.2) is 36.3 Å². The monoisotopic (exact) mass is 422 g/mol. The van der Waals surface area contributed by atoms with Crippen LogP contribution in [0.5, 0.6) is 0 Å². The first-order chi connectivity index (χ1) is 14.9. The molecule has 1 aliphatic rings. The van der Waals surface area contributed by atoms with Gasteiger partial charge in [0, 0.05) is 31.1 Å². The van der Waals surface area contributed by atoms with E-state index in [1.807, 2.05) is 49.1 Å². The van der Waals surface area contributed by atoms with Gasteiger partial charge in [0.25, 0.3) is 0 Å². The van der Waals surface area contributed by atoms with Crippen LogP contribution >= 0.6 is 0 Å². The molecule has 1 heterocycles. The summed E-state index contributed by atoms with van der Waals surface area (Å²) in [5, 5.41) is 2.96. The van der Waals surface area contributed by atoms with E-state index in [4.69, 9.17) is 0 Å². The normalized spacial score (nSPS) is 15.5. The quantitative estimate of drug-likeness (QED) is 0.663. The predicted molar refractivity (Wildman–Crippen MR) is 122 cm³/mol. The van der Waals surface area contributed by atoms with Crippen LogP contribution in [0.15, 0.2) is 61.2 Å². The van der Waals surface area contributed by atoms with Gasteiger partial charge in [-0.1, -0.05) is 62.4 Å². The van der Waals surface area contributed by atoms with E-state index in [9.17, 15) is 14.0 Å². The SMILES string of the molecule is C=CCNC(=O)C1(Cc2ccc(-c3ccccc3F)cc2)CCN(C(=O)C(C)C)CC1. The first-order valence-electron chi connectivity index (χ1n) is 10.9. The largest absolute Gasteiger partial charge is 0.352 e. The van der Waals surface area contributed by atoms with Gasteiger partial charge in [-0.15, -0.1) is 6.58 Å². The number of carbonyl (C=O) groups excluding carboxylic acids is 2. The van der Waals surface area contributed by atoms with Crippen LogP contribution in [-0.2, 0) is 16.0 Å². The molecular weight excluding hydrogens is 391 g/mol. The van der Waals surface area contributed by atoms with Crippen molar-refractivity contribution in [1.82, 2.24) is 10.2 Å². The average Bonchev–Trinajstić information content (AvgIpc) is 2.78. The minimum absolute atomic E-state index is 0.00206. The summed E-state index contributed by atoms with van der Waals surface area (Å²) in [4.78, 5) is 27.4. The summed E-state index contributed by atoms with van der Waals surface area (Å²) >= 11 is 0. The number of rotatable bonds is 7. The molecular formula is C26H31FN2O2. The van der Waals surface area contributed by atoms with Gasteiger partial charge >= 0.3 is 0 Å². The Morgan fingerprint density at radius 1 is 1.13 bits per heavy atom. The van der Waals surface area contributed by atoms with Crippen molar-refractivity contribution >= 4 is 11.8 Å². The average molecular weight is 423 g/mol. The molecule has 164 valence electrons. The fraction of sp³-hybridized carbons (Fsp3) is 0.385. The first-order valence-corrected chi connectivity index (χ1v) is 10.9. The summed E-state index contributed by atoms with van der Waals surface area (Å²) in [6, 6.07) is 14.4. The number of nitrogens with one attached hydrogen (secondary N) is 1. The molecule has 4 nitrogen and oxygen atoms in total. The Bertz CT molecular complexity index is 929. The van der Waals surface area contributed by atoms with Gasteiger partial charge in [-0.3, -0.25) is 9.59 Å². The number of benzene rings is 2. The molecule has 1 saturated heterocycles. The van der Waals surface area contributed by atoms with Gasteiger partial charge in [-0.25, -0.2) is 4.39 Å². The number of hydrogen-bond donors (Lipinski definition) is 1. The fourth-order valence-electron chi connectivity index (χ4n) is 4.24. The fourth-order valence-corrected chi connectivity index (χ4v) is 4.24. The van der Waals surface area contributed by atoms with E-state index in [-0.39, 0.29) is 23.5 Å². The third kappa shape index (κ3) is 5.22. The van der Waals surface area contributed by atoms with E-state index < -0.39 is 5.41 Å². The molecule has 0 aliphatic carbocycles. The summed E-state index contributed by atoms with van der Waals surface area (Å²) in [6.07, 6.45) is 3.48. The second-order valence-corrected chi connectivity index (χ2v) is 8.61. The summed E-state index contributed by atoms with van der Waals surface area (Å²) < 4.78 is 14.1. The molecule has 1 fully saturated rings. The molecule has 0 atom stereocenters. The van der Waals surface area contributed by atoms with Crippen molar-refractivity contribution in [2.24, 2.45) is 11.3 Å². The molecule has 0 spiro atoms. The van der Waals surface area contributed by atoms with Crippen molar-refractivity contribution in [3.63, 3.8) is 0 Å². The topological polar surface area (TPSA) is 49.4 Å². The first kappa shape index (κ1) is 22.7. The summed E-state index contributed by atoms with van der Waals surface area (Å²) in [5.41, 5.74) is 1.82. The van der Waals surface area contributed by atoms with Gasteiger partial charge in [-0.05, 0) is 36.5 Å². The lowest BCUT2D eigenvalue weighted by Gasteiger charge is -2.41. The van der Waals surface area contributed by atoms with E-state index in [2.05, 4.69) is 11.9 Å². The number of amides is 2. The lowest BCUT2D eigenvalue weighted by atomic mass is 9.72. The minimum Gasteiger partial charge on any atom is -0.352 e. The van der Waals surface area contributed by atoms with Gasteiger partial charge in [0.2, 0.25) is 11.8 Å². The van der Waals surface area contributed by atoms with Crippen molar-refractivity contribution in [3.8, 4) is 11.1 Å². The van der Waals surface area contributed by atoms with E-state index >= 15 is 0 Å². The standard InChI is InChI=1S/C26H31FN2O2/c1-4-15-28-25(31)26(13-16-29(17-14-26)24(30)19(2)3)18-20-9-11-21(12-10-20)22-7-5-6-8-23(22)27/h4-12,19H,1,13-18H2,2-3H3,(H,28,31). The summed E-state index contributed by atoms with van der Waals surface area (Å²) in [6.45, 7) is 9.06. The summed E-state index contributed by atoms with van der Waals surface area (Å²) in [7, 11) is 0. The molecule has 0 aromatic heterocycles. The summed E-state index contributed by atoms with van der Waals surface area (Å²) in [5.74, 6) is -0.165. The van der Waals surface area contributed by atoms with Gasteiger partial charge < -0.3 is 10.2 Å². The predicted octanol–water partition coefficient (Wildman–Crippen LogP) is 4.60. The minimum atomic E-state index is -0.573. The van der Waals surface area contributed by atoms with Crippen molar-refractivity contribution in [1.29, 1.82) is 0 Å². The van der Waals surface area contributed by atoms with Crippen LogP contribution in [0.25, 0.3) is 11.1 Å². The third-order valence-corrected chi connectivity index (χ3v) is 6.10. The van der Waals surface area contributed by atoms with E-state index in [1.165, 1.54) is 6.07 Å². The molecule has 0 unspecified atom stereocenters. The molecule has 1 aliphatic heterocycles. The van der Waals surface area contributed by atoms with Gasteiger partial charge in [-0.2, -0.15) is 0 Å². The maximum Gasteiger partial charge on any atom is 0.226 e. The van der Waals surface area contributed by atoms with Crippen molar-refractivity contribution in [2.75, 3.05) is 19.6 Å². The van der Waals surface area contributed by atoms with E-state index in [0.717, 1.165) is 11.1 Å².